The van der Waals surface area contributed by atoms with Gasteiger partial charge in [0.05, 0.1) is 0 Å². The van der Waals surface area contributed by atoms with Gasteiger partial charge >= 0.3 is 145 Å². The van der Waals surface area contributed by atoms with Gasteiger partial charge in [-0.25, -0.2) is 0 Å². The summed E-state index contributed by atoms with van der Waals surface area (Å²) in [5.74, 6) is -1.28. The number of halogens is 1. The molecule has 0 aromatic heterocycles. The molecule has 1 heterocycles. The predicted octanol–water partition coefficient (Wildman–Crippen LogP) is 1.81. The van der Waals surface area contributed by atoms with Gasteiger partial charge in [0.25, 0.3) is 0 Å². The Morgan fingerprint density at radius 1 is 1.12 bits per heavy atom. The summed E-state index contributed by atoms with van der Waals surface area (Å²) in [5.41, 5.74) is 1.14. The Bertz CT molecular complexity index is 865. The van der Waals surface area contributed by atoms with E-state index in [-0.39, 0.29) is 23.2 Å². The number of benzene rings is 2. The predicted molar refractivity (Wildman–Crippen MR) is 90.2 cm³/mol. The van der Waals surface area contributed by atoms with Gasteiger partial charge in [-0.15, -0.1) is 0 Å². The molecule has 2 N–H and O–H groups in total. The van der Waals surface area contributed by atoms with Gasteiger partial charge in [0, 0.05) is 0 Å². The zero-order valence-electron chi connectivity index (χ0n) is 12.6. The number of rotatable bonds is 2. The summed E-state index contributed by atoms with van der Waals surface area (Å²) in [4.78, 5) is 15.8. The molecular weight excluding hydrogens is 378 g/mol. The van der Waals surface area contributed by atoms with E-state index in [1.54, 1.807) is 24.1 Å². The maximum absolute atomic E-state index is 13.1. The van der Waals surface area contributed by atoms with Gasteiger partial charge in [0.15, 0.2) is 0 Å². The number of anilines is 1. The van der Waals surface area contributed by atoms with E-state index in [0.717, 1.165) is 0 Å². The number of amides is 1. The number of nitrogens with zero attached hydrogens (tertiary/aromatic N) is 2. The summed E-state index contributed by atoms with van der Waals surface area (Å²) in [5, 5.41) is 19.5. The van der Waals surface area contributed by atoms with Crippen LogP contribution in [0.15, 0.2) is 48.2 Å². The molecule has 2 aromatic rings. The van der Waals surface area contributed by atoms with Crippen LogP contribution < -0.4 is 4.90 Å². The van der Waals surface area contributed by atoms with Crippen molar-refractivity contribution in [1.29, 1.82) is 0 Å². The molecule has 5 nitrogen and oxygen atoms in total. The molecule has 0 spiro atoms. The van der Waals surface area contributed by atoms with E-state index in [4.69, 9.17) is 0 Å². The molecule has 0 unspecified atom stereocenters. The first-order valence-corrected chi connectivity index (χ1v) is 7.86. The van der Waals surface area contributed by atoms with Crippen molar-refractivity contribution in [2.24, 2.45) is 0 Å². The molecule has 7 heteroatoms. The summed E-state index contributed by atoms with van der Waals surface area (Å²) in [7, 11) is 1.69. The molecule has 24 heavy (non-hydrogen) atoms. The third kappa shape index (κ3) is 2.68. The average Bonchev–Trinajstić information content (AvgIpc) is 2.76. The van der Waals surface area contributed by atoms with Crippen molar-refractivity contribution in [2.45, 2.75) is 0 Å². The Labute approximate surface area is 145 Å². The van der Waals surface area contributed by atoms with Crippen LogP contribution in [0.4, 0.5) is 10.1 Å². The van der Waals surface area contributed by atoms with Crippen LogP contribution in [-0.4, -0.2) is 48.3 Å². The number of hydrogen-bond donors (Lipinski definition) is 2. The Morgan fingerprint density at radius 2 is 1.79 bits per heavy atom. The minimum atomic E-state index is -0.388. The van der Waals surface area contributed by atoms with Crippen LogP contribution in [0, 0.1) is 5.82 Å². The number of phenols is 2. The first-order chi connectivity index (χ1) is 11.4. The number of carbonyl (C=O) groups excluding carboxylic acids is 1. The average molecular weight is 391 g/mol. The van der Waals surface area contributed by atoms with Gasteiger partial charge in [0.2, 0.25) is 0 Å². The van der Waals surface area contributed by atoms with Gasteiger partial charge in [-0.1, -0.05) is 0 Å². The normalized spacial score (nSPS) is 16.3. The van der Waals surface area contributed by atoms with Crippen LogP contribution >= 0.6 is 0 Å². The summed E-state index contributed by atoms with van der Waals surface area (Å²) in [6.07, 6.45) is 1.48. The quantitative estimate of drug-likeness (QED) is 0.466. The van der Waals surface area contributed by atoms with E-state index in [1.165, 1.54) is 41.3 Å². The second-order valence-corrected chi connectivity index (χ2v) is 5.97. The van der Waals surface area contributed by atoms with E-state index >= 15 is 0 Å². The maximum atomic E-state index is 13.1. The third-order valence-electron chi connectivity index (χ3n) is 3.68. The molecule has 2 aromatic carbocycles. The number of para-hydroxylation sites is 1. The SMILES string of the molecule is CN1C(=[Se])N(c2ccc(F)cc2)C(=O)C1=Cc1cccc(O)c1O. The minimum absolute atomic E-state index is 0.264. The van der Waals surface area contributed by atoms with Crippen molar-refractivity contribution in [3.63, 3.8) is 0 Å². The van der Waals surface area contributed by atoms with Crippen molar-refractivity contribution in [2.75, 3.05) is 11.9 Å². The number of likely N-dealkylation sites (N-methyl/N-ethyl adjacent to an activating group) is 1. The van der Waals surface area contributed by atoms with E-state index in [2.05, 4.69) is 15.6 Å². The van der Waals surface area contributed by atoms with Crippen molar-refractivity contribution >= 4 is 37.9 Å². The van der Waals surface area contributed by atoms with Gasteiger partial charge in [-0.2, -0.15) is 0 Å². The van der Waals surface area contributed by atoms with E-state index < -0.39 is 0 Å². The van der Waals surface area contributed by atoms with Gasteiger partial charge in [-0.3, -0.25) is 0 Å². The molecule has 0 atom stereocenters. The molecule has 1 amide bonds. The molecule has 0 bridgehead atoms. The fraction of sp³-hybridized carbons (Fsp3) is 0.0588. The number of phenolic OH excluding ortho intramolecular Hbond substituents is 2. The fourth-order valence-corrected chi connectivity index (χ4v) is 2.99. The van der Waals surface area contributed by atoms with E-state index in [0.29, 0.717) is 21.6 Å². The van der Waals surface area contributed by atoms with Crippen molar-refractivity contribution in [3.05, 3.63) is 59.5 Å². The second kappa shape index (κ2) is 6.11. The molecule has 3 rings (SSSR count). The van der Waals surface area contributed by atoms with Gasteiger partial charge < -0.3 is 0 Å². The third-order valence-corrected chi connectivity index (χ3v) is 4.64. The first-order valence-electron chi connectivity index (χ1n) is 7.00. The molecule has 1 aliphatic heterocycles. The van der Waals surface area contributed by atoms with Crippen LogP contribution in [0.1, 0.15) is 5.56 Å². The van der Waals surface area contributed by atoms with Crippen LogP contribution in [0.2, 0.25) is 0 Å². The van der Waals surface area contributed by atoms with Crippen LogP contribution in [0.5, 0.6) is 11.5 Å². The topological polar surface area (TPSA) is 64.0 Å². The molecular formula is C17H13FN2O3Se. The van der Waals surface area contributed by atoms with Gasteiger partial charge in [-0.05, 0) is 0 Å². The summed E-state index contributed by atoms with van der Waals surface area (Å²) in [6.45, 7) is 0. The molecule has 1 fully saturated rings. The summed E-state index contributed by atoms with van der Waals surface area (Å²) >= 11 is 2.83. The number of hydrogen-bond acceptors (Lipinski definition) is 4. The zero-order chi connectivity index (χ0) is 17.4. The van der Waals surface area contributed by atoms with E-state index in [1.807, 2.05) is 0 Å². The zero-order valence-corrected chi connectivity index (χ0v) is 14.3. The van der Waals surface area contributed by atoms with Crippen LogP contribution in [-0.2, 0) is 4.79 Å². The van der Waals surface area contributed by atoms with Crippen LogP contribution in [0.25, 0.3) is 6.08 Å². The van der Waals surface area contributed by atoms with E-state index in [9.17, 15) is 19.4 Å². The molecule has 1 aliphatic rings. The Kier molecular flexibility index (Phi) is 4.13. The Balaban J connectivity index is 2.03. The number of carbonyl (C=O) groups is 1. The second-order valence-electron chi connectivity index (χ2n) is 5.20. The molecule has 122 valence electrons. The van der Waals surface area contributed by atoms with Crippen molar-refractivity contribution in [1.82, 2.24) is 4.90 Å². The molecule has 0 saturated carbocycles. The van der Waals surface area contributed by atoms with Crippen molar-refractivity contribution < 1.29 is 19.4 Å². The number of aromatic hydroxyl groups is 2. The monoisotopic (exact) mass is 392 g/mol. The molecule has 1 saturated heterocycles. The Morgan fingerprint density at radius 3 is 2.46 bits per heavy atom. The van der Waals surface area contributed by atoms with Gasteiger partial charge in [0.1, 0.15) is 0 Å². The first kappa shape index (κ1) is 16.2. The standard InChI is InChI=1S/C17H13FN2O3Se/c1-19-13(9-10-3-2-4-14(21)15(10)22)16(23)20(17(19)24)12-7-5-11(18)6-8-12/h2-9,21-22H,1H3. The van der Waals surface area contributed by atoms with Crippen molar-refractivity contribution in [3.8, 4) is 11.5 Å². The Hall–Kier alpha value is -2.63. The van der Waals surface area contributed by atoms with Crippen LogP contribution in [0.3, 0.4) is 0 Å². The fourth-order valence-electron chi connectivity index (χ4n) is 2.39. The molecule has 0 radical (unpaired) electrons. The molecule has 0 aliphatic carbocycles. The summed E-state index contributed by atoms with van der Waals surface area (Å²) in [6, 6.07) is 10.1. The summed E-state index contributed by atoms with van der Waals surface area (Å²) < 4.78 is 13.6.